The van der Waals surface area contributed by atoms with Gasteiger partial charge in [-0.25, -0.2) is 9.78 Å². The lowest BCUT2D eigenvalue weighted by Gasteiger charge is -2.16. The number of nitrogens with zero attached hydrogens (tertiary/aromatic N) is 1. The van der Waals surface area contributed by atoms with Gasteiger partial charge in [-0.1, -0.05) is 54.2 Å². The number of thiazole rings is 1. The summed E-state index contributed by atoms with van der Waals surface area (Å²) in [5, 5.41) is 2.56. The fourth-order valence-corrected chi connectivity index (χ4v) is 4.51. The van der Waals surface area contributed by atoms with E-state index in [0.29, 0.717) is 0 Å². The molecule has 0 spiro atoms. The Labute approximate surface area is 181 Å². The lowest BCUT2D eigenvalue weighted by molar-refractivity contribution is -0.148. The van der Waals surface area contributed by atoms with Crippen LogP contribution in [-0.4, -0.2) is 48.3 Å². The number of nitrogens with one attached hydrogen (secondary N) is 1. The number of para-hydroxylation sites is 1. The van der Waals surface area contributed by atoms with Gasteiger partial charge >= 0.3 is 11.9 Å². The number of aromatic nitrogens is 1. The summed E-state index contributed by atoms with van der Waals surface area (Å²) >= 11 is 2.75. The summed E-state index contributed by atoms with van der Waals surface area (Å²) < 4.78 is 11.6. The van der Waals surface area contributed by atoms with Crippen LogP contribution in [0, 0.1) is 0 Å². The molecule has 1 heterocycles. The van der Waals surface area contributed by atoms with Crippen LogP contribution in [0.1, 0.15) is 5.56 Å². The second-order valence-electron chi connectivity index (χ2n) is 6.23. The van der Waals surface area contributed by atoms with E-state index < -0.39 is 30.5 Å². The topological polar surface area (TPSA) is 94.6 Å². The molecule has 7 nitrogen and oxygen atoms in total. The van der Waals surface area contributed by atoms with Crippen molar-refractivity contribution in [2.75, 3.05) is 19.5 Å². The van der Waals surface area contributed by atoms with E-state index >= 15 is 0 Å². The van der Waals surface area contributed by atoms with E-state index in [1.165, 1.54) is 30.2 Å². The summed E-state index contributed by atoms with van der Waals surface area (Å²) in [5.74, 6) is -1.63. The van der Waals surface area contributed by atoms with Crippen molar-refractivity contribution in [2.45, 2.75) is 16.8 Å². The molecule has 0 bridgehead atoms. The predicted molar refractivity (Wildman–Crippen MR) is 115 cm³/mol. The molecule has 0 aliphatic rings. The van der Waals surface area contributed by atoms with Crippen LogP contribution < -0.4 is 5.32 Å². The molecular formula is C21H20N2O5S2. The third-order valence-corrected chi connectivity index (χ3v) is 6.21. The van der Waals surface area contributed by atoms with Crippen LogP contribution in [0.3, 0.4) is 0 Å². The Morgan fingerprint density at radius 3 is 2.57 bits per heavy atom. The first kappa shape index (κ1) is 21.8. The normalized spacial score (nSPS) is 11.6. The van der Waals surface area contributed by atoms with Gasteiger partial charge in [-0.15, -0.1) is 11.3 Å². The molecule has 0 saturated carbocycles. The number of fused-ring (bicyclic) bond motifs is 1. The summed E-state index contributed by atoms with van der Waals surface area (Å²) in [6, 6.07) is 16.1. The van der Waals surface area contributed by atoms with E-state index in [-0.39, 0.29) is 12.2 Å². The number of rotatable bonds is 9. The second-order valence-corrected chi connectivity index (χ2v) is 8.48. The highest BCUT2D eigenvalue weighted by Crippen LogP contribution is 2.29. The molecule has 0 fully saturated rings. The van der Waals surface area contributed by atoms with Gasteiger partial charge in [-0.05, 0) is 17.7 Å². The Bertz CT molecular complexity index is 989. The molecule has 0 aliphatic carbocycles. The molecule has 2 aromatic carbocycles. The Morgan fingerprint density at radius 1 is 1.10 bits per heavy atom. The minimum absolute atomic E-state index is 0.0392. The minimum Gasteiger partial charge on any atom is -0.467 e. The Morgan fingerprint density at radius 2 is 1.83 bits per heavy atom. The average molecular weight is 445 g/mol. The van der Waals surface area contributed by atoms with E-state index in [1.807, 2.05) is 54.6 Å². The van der Waals surface area contributed by atoms with Crippen molar-refractivity contribution in [1.29, 1.82) is 0 Å². The fraction of sp³-hybridized carbons (Fsp3) is 0.238. The zero-order valence-corrected chi connectivity index (χ0v) is 17.8. The highest BCUT2D eigenvalue weighted by atomic mass is 32.2. The summed E-state index contributed by atoms with van der Waals surface area (Å²) in [6.07, 6.45) is 0.278. The number of hydrogen-bond donors (Lipinski definition) is 1. The van der Waals surface area contributed by atoms with Crippen LogP contribution >= 0.6 is 23.1 Å². The van der Waals surface area contributed by atoms with Crippen LogP contribution in [0.25, 0.3) is 10.2 Å². The maximum absolute atomic E-state index is 12.1. The summed E-state index contributed by atoms with van der Waals surface area (Å²) in [7, 11) is 1.26. The number of methoxy groups -OCH3 is 1. The van der Waals surface area contributed by atoms with Crippen LogP contribution in [0.4, 0.5) is 0 Å². The largest absolute Gasteiger partial charge is 0.467 e. The maximum atomic E-state index is 12.1. The first-order valence-electron chi connectivity index (χ1n) is 9.10. The van der Waals surface area contributed by atoms with E-state index in [4.69, 9.17) is 9.47 Å². The highest BCUT2D eigenvalue weighted by molar-refractivity contribution is 8.01. The summed E-state index contributed by atoms with van der Waals surface area (Å²) in [5.41, 5.74) is 1.75. The molecule has 1 atom stereocenters. The third kappa shape index (κ3) is 6.30. The molecule has 0 aliphatic heterocycles. The van der Waals surface area contributed by atoms with Crippen molar-refractivity contribution in [3.63, 3.8) is 0 Å². The van der Waals surface area contributed by atoms with Gasteiger partial charge < -0.3 is 14.8 Å². The number of ether oxygens (including phenoxy) is 2. The number of thioether (sulfide) groups is 1. The molecule has 1 aromatic heterocycles. The number of carbonyl (C=O) groups excluding carboxylic acids is 3. The Hall–Kier alpha value is -2.91. The van der Waals surface area contributed by atoms with Gasteiger partial charge in [0.05, 0.1) is 23.1 Å². The van der Waals surface area contributed by atoms with Gasteiger partial charge in [-0.2, -0.15) is 0 Å². The van der Waals surface area contributed by atoms with Crippen molar-refractivity contribution in [1.82, 2.24) is 10.3 Å². The number of esters is 2. The molecule has 1 N–H and O–H groups in total. The number of carbonyl (C=O) groups is 3. The van der Waals surface area contributed by atoms with Gasteiger partial charge in [0.2, 0.25) is 0 Å². The lowest BCUT2D eigenvalue weighted by atomic mass is 10.1. The molecule has 156 valence electrons. The first-order chi connectivity index (χ1) is 14.5. The summed E-state index contributed by atoms with van der Waals surface area (Å²) in [4.78, 5) is 40.5. The molecule has 30 heavy (non-hydrogen) atoms. The van der Waals surface area contributed by atoms with Gasteiger partial charge in [0.15, 0.2) is 10.9 Å². The standard InChI is InChI=1S/C21H20N2O5S2/c1-27-20(26)16(11-14-7-3-2-4-8-14)22-18(24)12-28-19(25)13-29-21-23-15-9-5-6-10-17(15)30-21/h2-10,16H,11-13H2,1H3,(H,22,24). The number of amides is 1. The number of hydrogen-bond acceptors (Lipinski definition) is 8. The average Bonchev–Trinajstić information content (AvgIpc) is 3.19. The molecular weight excluding hydrogens is 424 g/mol. The van der Waals surface area contributed by atoms with E-state index in [0.717, 1.165) is 20.1 Å². The van der Waals surface area contributed by atoms with Gasteiger partial charge in [-0.3, -0.25) is 9.59 Å². The molecule has 0 radical (unpaired) electrons. The third-order valence-electron chi connectivity index (χ3n) is 4.06. The molecule has 3 aromatic rings. The first-order valence-corrected chi connectivity index (χ1v) is 10.9. The second kappa shape index (κ2) is 10.7. The van der Waals surface area contributed by atoms with Crippen LogP contribution in [0.5, 0.6) is 0 Å². The van der Waals surface area contributed by atoms with E-state index in [1.54, 1.807) is 0 Å². The molecule has 9 heteroatoms. The molecule has 0 saturated heterocycles. The zero-order valence-electron chi connectivity index (χ0n) is 16.2. The van der Waals surface area contributed by atoms with E-state index in [9.17, 15) is 14.4 Å². The number of benzene rings is 2. The maximum Gasteiger partial charge on any atom is 0.328 e. The Balaban J connectivity index is 1.45. The van der Waals surface area contributed by atoms with Gasteiger partial charge in [0.25, 0.3) is 5.91 Å². The lowest BCUT2D eigenvalue weighted by Crippen LogP contribution is -2.44. The van der Waals surface area contributed by atoms with Crippen LogP contribution in [-0.2, 0) is 30.3 Å². The summed E-state index contributed by atoms with van der Waals surface area (Å²) in [6.45, 7) is -0.471. The van der Waals surface area contributed by atoms with Crippen LogP contribution in [0.2, 0.25) is 0 Å². The van der Waals surface area contributed by atoms with Crippen LogP contribution in [0.15, 0.2) is 58.9 Å². The zero-order chi connectivity index (χ0) is 21.3. The van der Waals surface area contributed by atoms with Crippen molar-refractivity contribution in [3.8, 4) is 0 Å². The smallest absolute Gasteiger partial charge is 0.328 e. The molecule has 1 unspecified atom stereocenters. The Kier molecular flexibility index (Phi) is 7.81. The van der Waals surface area contributed by atoms with Gasteiger partial charge in [0.1, 0.15) is 6.04 Å². The van der Waals surface area contributed by atoms with Crippen molar-refractivity contribution in [3.05, 3.63) is 60.2 Å². The van der Waals surface area contributed by atoms with Crippen molar-refractivity contribution >= 4 is 51.2 Å². The van der Waals surface area contributed by atoms with Gasteiger partial charge in [0, 0.05) is 6.42 Å². The minimum atomic E-state index is -0.860. The predicted octanol–water partition coefficient (Wildman–Crippen LogP) is 2.83. The quantitative estimate of drug-likeness (QED) is 0.401. The van der Waals surface area contributed by atoms with Crippen molar-refractivity contribution < 1.29 is 23.9 Å². The fourth-order valence-electron chi connectivity index (χ4n) is 2.64. The highest BCUT2D eigenvalue weighted by Gasteiger charge is 2.22. The monoisotopic (exact) mass is 444 g/mol. The molecule has 3 rings (SSSR count). The van der Waals surface area contributed by atoms with Crippen molar-refractivity contribution in [2.24, 2.45) is 0 Å². The van der Waals surface area contributed by atoms with E-state index in [2.05, 4.69) is 10.3 Å². The molecule has 1 amide bonds. The SMILES string of the molecule is COC(=O)C(Cc1ccccc1)NC(=O)COC(=O)CSc1nc2ccccc2s1.